The Labute approximate surface area is 290 Å². The fraction of sp³-hybridized carbons (Fsp3) is 0.444. The molecule has 1 unspecified atom stereocenters. The van der Waals surface area contributed by atoms with Crippen molar-refractivity contribution in [3.05, 3.63) is 93.7 Å². The molecule has 1 atom stereocenters. The number of nitrogens with one attached hydrogen (secondary N) is 4. The summed E-state index contributed by atoms with van der Waals surface area (Å²) >= 11 is 0. The Morgan fingerprint density at radius 3 is 2.16 bits per heavy atom. The lowest BCUT2D eigenvalue weighted by Gasteiger charge is -2.33. The standard InChI is InChI=1S/C21H27N7O2.C15H21F3N2/c1-21(2,3)16-11-14-12-28(20(30)27-17(14)26-16)15-7-5-13(6-8-15)18(29)24-9-4-10-25-19(22)23;1-14(2,3)11-6-4-10(5-7-11)13(15(16,17)18)20-12-8-19-9-12/h5-8,11-12H,4,9-10H2,1-3H3,(H,24,29)(H4,22,23,25)(H,26,27,30);4-7,12-13,19-20H,8-9H2,1-3H3. The topological polar surface area (TPSA) is 168 Å². The second-order valence-corrected chi connectivity index (χ2v) is 14.5. The van der Waals surface area contributed by atoms with E-state index in [4.69, 9.17) is 11.5 Å². The fourth-order valence-corrected chi connectivity index (χ4v) is 5.15. The lowest BCUT2D eigenvalue weighted by molar-refractivity contribution is -0.160. The van der Waals surface area contributed by atoms with Gasteiger partial charge in [-0.2, -0.15) is 18.2 Å². The summed E-state index contributed by atoms with van der Waals surface area (Å²) in [6, 6.07) is 13.8. The Morgan fingerprint density at radius 2 is 1.64 bits per heavy atom. The molecule has 0 aliphatic carbocycles. The van der Waals surface area contributed by atoms with Gasteiger partial charge in [-0.1, -0.05) is 65.8 Å². The van der Waals surface area contributed by atoms with E-state index in [1.165, 1.54) is 4.57 Å². The zero-order chi connectivity index (χ0) is 36.9. The van der Waals surface area contributed by atoms with Crippen LogP contribution in [0.5, 0.6) is 0 Å². The Morgan fingerprint density at radius 1 is 1.00 bits per heavy atom. The van der Waals surface area contributed by atoms with Crippen molar-refractivity contribution in [2.75, 3.05) is 26.2 Å². The molecule has 1 saturated heterocycles. The van der Waals surface area contributed by atoms with Gasteiger partial charge in [0, 0.05) is 60.5 Å². The quantitative estimate of drug-likeness (QED) is 0.0848. The molecule has 0 saturated carbocycles. The SMILES string of the molecule is CC(C)(C)c1cc2cn(-c3ccc(C(=O)NCCCN=C(N)N)cc3)c(=O)nc2[nH]1.CC(C)(C)c1ccc(C(NC2CNC2)C(F)(F)F)cc1. The van der Waals surface area contributed by atoms with Gasteiger partial charge >= 0.3 is 11.9 Å². The Hall–Kier alpha value is -4.69. The van der Waals surface area contributed by atoms with E-state index in [2.05, 4.69) is 51.7 Å². The first kappa shape index (κ1) is 38.1. The van der Waals surface area contributed by atoms with Gasteiger partial charge in [-0.3, -0.25) is 19.7 Å². The molecule has 11 nitrogen and oxygen atoms in total. The van der Waals surface area contributed by atoms with Crippen molar-refractivity contribution < 1.29 is 18.0 Å². The van der Waals surface area contributed by atoms with E-state index in [1.807, 2.05) is 26.8 Å². The van der Waals surface area contributed by atoms with Crippen LogP contribution in [0.15, 0.2) is 70.6 Å². The van der Waals surface area contributed by atoms with Crippen LogP contribution in [-0.4, -0.2) is 64.8 Å². The third-order valence-electron chi connectivity index (χ3n) is 8.26. The molecule has 270 valence electrons. The summed E-state index contributed by atoms with van der Waals surface area (Å²) in [6.07, 6.45) is -1.88. The minimum atomic E-state index is -4.28. The second kappa shape index (κ2) is 15.5. The molecule has 8 N–H and O–H groups in total. The lowest BCUT2D eigenvalue weighted by Crippen LogP contribution is -2.57. The van der Waals surface area contributed by atoms with E-state index < -0.39 is 12.2 Å². The average Bonchev–Trinajstić information content (AvgIpc) is 3.43. The van der Waals surface area contributed by atoms with Crippen LogP contribution in [0.2, 0.25) is 0 Å². The van der Waals surface area contributed by atoms with Crippen LogP contribution in [0.25, 0.3) is 16.7 Å². The summed E-state index contributed by atoms with van der Waals surface area (Å²) in [5.41, 5.74) is 14.0. The van der Waals surface area contributed by atoms with Gasteiger partial charge in [-0.05, 0) is 53.3 Å². The van der Waals surface area contributed by atoms with Gasteiger partial charge in [0.2, 0.25) is 0 Å². The summed E-state index contributed by atoms with van der Waals surface area (Å²) in [7, 11) is 0. The first-order chi connectivity index (χ1) is 23.3. The number of aliphatic imine (C=N–C) groups is 1. The van der Waals surface area contributed by atoms with Gasteiger partial charge in [-0.25, -0.2) is 4.79 Å². The van der Waals surface area contributed by atoms with E-state index in [9.17, 15) is 22.8 Å². The molecule has 14 heteroatoms. The highest BCUT2D eigenvalue weighted by molar-refractivity contribution is 5.94. The number of guanidine groups is 1. The predicted octanol–water partition coefficient (Wildman–Crippen LogP) is 4.55. The molecule has 3 heterocycles. The Balaban J connectivity index is 0.000000244. The highest BCUT2D eigenvalue weighted by Gasteiger charge is 2.42. The van der Waals surface area contributed by atoms with Gasteiger partial charge in [0.05, 0.1) is 5.69 Å². The average molecular weight is 696 g/mol. The molecule has 1 amide bonds. The number of aromatic nitrogens is 3. The van der Waals surface area contributed by atoms with Crippen molar-refractivity contribution in [2.45, 2.75) is 77.1 Å². The molecule has 50 heavy (non-hydrogen) atoms. The number of alkyl halides is 3. The molecular weight excluding hydrogens is 647 g/mol. The van der Waals surface area contributed by atoms with E-state index >= 15 is 0 Å². The van der Waals surface area contributed by atoms with Crippen molar-refractivity contribution in [2.24, 2.45) is 16.5 Å². The van der Waals surface area contributed by atoms with Crippen molar-refractivity contribution in [3.8, 4) is 5.69 Å². The summed E-state index contributed by atoms with van der Waals surface area (Å²) < 4.78 is 41.0. The number of hydrogen-bond donors (Lipinski definition) is 6. The third kappa shape index (κ3) is 10.2. The third-order valence-corrected chi connectivity index (χ3v) is 8.26. The molecule has 0 spiro atoms. The molecule has 1 aliphatic rings. The number of rotatable bonds is 9. The number of hydrogen-bond acceptors (Lipinski definition) is 6. The fourth-order valence-electron chi connectivity index (χ4n) is 5.15. The summed E-state index contributed by atoms with van der Waals surface area (Å²) in [6.45, 7) is 14.5. The molecular formula is C36H48F3N9O2. The minimum absolute atomic E-state index is 0.0362. The monoisotopic (exact) mass is 695 g/mol. The number of amides is 1. The number of benzene rings is 2. The number of carbonyl (C=O) groups excluding carboxylic acids is 1. The van der Waals surface area contributed by atoms with E-state index in [-0.39, 0.29) is 40.0 Å². The van der Waals surface area contributed by atoms with Crippen molar-refractivity contribution >= 4 is 22.9 Å². The van der Waals surface area contributed by atoms with Gasteiger partial charge in [0.1, 0.15) is 11.7 Å². The first-order valence-corrected chi connectivity index (χ1v) is 16.5. The summed E-state index contributed by atoms with van der Waals surface area (Å²) in [5, 5.41) is 9.31. The van der Waals surface area contributed by atoms with Crippen LogP contribution >= 0.6 is 0 Å². The van der Waals surface area contributed by atoms with Crippen molar-refractivity contribution in [3.63, 3.8) is 0 Å². The predicted molar refractivity (Wildman–Crippen MR) is 192 cm³/mol. The maximum Gasteiger partial charge on any atom is 0.407 e. The maximum atomic E-state index is 13.2. The number of nitrogens with zero attached hydrogens (tertiary/aromatic N) is 3. The van der Waals surface area contributed by atoms with Crippen LogP contribution in [-0.2, 0) is 10.8 Å². The molecule has 5 rings (SSSR count). The number of H-pyrrole nitrogens is 1. The van der Waals surface area contributed by atoms with Crippen LogP contribution in [0, 0.1) is 0 Å². The molecule has 2 aromatic heterocycles. The normalized spacial score (nSPS) is 14.3. The summed E-state index contributed by atoms with van der Waals surface area (Å²) in [5.74, 6) is -0.165. The van der Waals surface area contributed by atoms with Gasteiger partial charge in [-0.15, -0.1) is 0 Å². The minimum Gasteiger partial charge on any atom is -0.370 e. The van der Waals surface area contributed by atoms with Crippen LogP contribution < -0.4 is 33.1 Å². The second-order valence-electron chi connectivity index (χ2n) is 14.5. The van der Waals surface area contributed by atoms with Crippen molar-refractivity contribution in [1.29, 1.82) is 0 Å². The molecule has 0 radical (unpaired) electrons. The van der Waals surface area contributed by atoms with Gasteiger partial charge in [0.15, 0.2) is 5.96 Å². The van der Waals surface area contributed by atoms with E-state index in [0.717, 1.165) is 16.6 Å². The Kier molecular flexibility index (Phi) is 11.8. The zero-order valence-electron chi connectivity index (χ0n) is 29.4. The van der Waals surface area contributed by atoms with Crippen LogP contribution in [0.3, 0.4) is 0 Å². The van der Waals surface area contributed by atoms with Crippen LogP contribution in [0.4, 0.5) is 13.2 Å². The van der Waals surface area contributed by atoms with Gasteiger partial charge < -0.3 is 27.1 Å². The molecule has 0 bridgehead atoms. The molecule has 2 aromatic carbocycles. The molecule has 1 fully saturated rings. The smallest absolute Gasteiger partial charge is 0.370 e. The number of nitrogens with two attached hydrogens (primary N) is 2. The largest absolute Gasteiger partial charge is 0.407 e. The zero-order valence-corrected chi connectivity index (χ0v) is 29.4. The number of halogens is 3. The highest BCUT2D eigenvalue weighted by atomic mass is 19.4. The van der Waals surface area contributed by atoms with Gasteiger partial charge in [0.25, 0.3) is 5.91 Å². The number of carbonyl (C=O) groups is 1. The summed E-state index contributed by atoms with van der Waals surface area (Å²) in [4.78, 5) is 36.0. The maximum absolute atomic E-state index is 13.2. The number of fused-ring (bicyclic) bond motifs is 1. The highest BCUT2D eigenvalue weighted by Crippen LogP contribution is 2.34. The first-order valence-electron chi connectivity index (χ1n) is 16.5. The number of aromatic amines is 1. The molecule has 4 aromatic rings. The lowest BCUT2D eigenvalue weighted by atomic mass is 9.86. The molecule has 1 aliphatic heterocycles. The Bertz CT molecular complexity index is 1820. The van der Waals surface area contributed by atoms with E-state index in [0.29, 0.717) is 49.5 Å². The van der Waals surface area contributed by atoms with Crippen LogP contribution in [0.1, 0.15) is 81.2 Å². The van der Waals surface area contributed by atoms with E-state index in [1.54, 1.807) is 54.7 Å². The van der Waals surface area contributed by atoms with Crippen molar-refractivity contribution in [1.82, 2.24) is 30.5 Å².